The maximum absolute atomic E-state index is 11.3. The Bertz CT molecular complexity index is 400. The molecule has 1 fully saturated rings. The zero-order valence-corrected chi connectivity index (χ0v) is 9.26. The molecule has 0 unspecified atom stereocenters. The summed E-state index contributed by atoms with van der Waals surface area (Å²) in [5, 5.41) is 4.29. The molecule has 0 aliphatic carbocycles. The smallest absolute Gasteiger partial charge is 0.310 e. The number of amides is 3. The molecule has 3 amide bonds. The molecule has 4 nitrogen and oxygen atoms in total. The van der Waals surface area contributed by atoms with Gasteiger partial charge in [-0.1, -0.05) is 6.92 Å². The summed E-state index contributed by atoms with van der Waals surface area (Å²) < 4.78 is 0. The Morgan fingerprint density at radius 3 is 2.93 bits per heavy atom. The first-order valence-electron chi connectivity index (χ1n) is 4.84. The zero-order chi connectivity index (χ0) is 10.8. The van der Waals surface area contributed by atoms with Gasteiger partial charge in [-0.25, -0.2) is 4.79 Å². The van der Waals surface area contributed by atoms with E-state index in [1.165, 1.54) is 15.3 Å². The minimum Gasteiger partial charge on any atom is -0.310 e. The number of aryl methyl sites for hydroxylation is 1. The van der Waals surface area contributed by atoms with E-state index in [9.17, 15) is 9.59 Å². The van der Waals surface area contributed by atoms with Crippen LogP contribution in [0, 0.1) is 0 Å². The van der Waals surface area contributed by atoms with Gasteiger partial charge in [-0.3, -0.25) is 10.1 Å². The van der Waals surface area contributed by atoms with E-state index in [0.717, 1.165) is 6.42 Å². The van der Waals surface area contributed by atoms with E-state index in [-0.39, 0.29) is 18.5 Å². The van der Waals surface area contributed by atoms with Crippen LogP contribution in [0.15, 0.2) is 11.4 Å². The predicted molar refractivity (Wildman–Crippen MR) is 57.6 cm³/mol. The second kappa shape index (κ2) is 4.02. The minimum absolute atomic E-state index is 0.180. The van der Waals surface area contributed by atoms with Gasteiger partial charge in [-0.15, -0.1) is 11.3 Å². The Labute approximate surface area is 91.9 Å². The third-order valence-corrected chi connectivity index (χ3v) is 3.37. The van der Waals surface area contributed by atoms with Gasteiger partial charge < -0.3 is 4.90 Å². The third kappa shape index (κ3) is 2.02. The molecule has 1 aliphatic heterocycles. The molecular formula is C10H12N2O2S. The number of carbonyl (C=O) groups is 2. The van der Waals surface area contributed by atoms with Crippen molar-refractivity contribution in [3.05, 3.63) is 21.9 Å². The van der Waals surface area contributed by atoms with Crippen molar-refractivity contribution < 1.29 is 9.59 Å². The van der Waals surface area contributed by atoms with E-state index in [1.54, 1.807) is 11.3 Å². The van der Waals surface area contributed by atoms with Crippen molar-refractivity contribution in [2.24, 2.45) is 0 Å². The highest BCUT2D eigenvalue weighted by atomic mass is 32.1. The topological polar surface area (TPSA) is 49.4 Å². The number of urea groups is 1. The van der Waals surface area contributed by atoms with Gasteiger partial charge in [0.15, 0.2) is 0 Å². The average Bonchev–Trinajstić information content (AvgIpc) is 2.74. The summed E-state index contributed by atoms with van der Waals surface area (Å²) in [5.41, 5.74) is 1.26. The number of rotatable bonds is 3. The Balaban J connectivity index is 2.09. The standard InChI is InChI=1S/C10H12N2O2S/c1-2-7-3-4-15-8(7)5-12-6-9(13)11-10(12)14/h3-4H,2,5-6H2,1H3,(H,11,13,14). The first kappa shape index (κ1) is 10.2. The lowest BCUT2D eigenvalue weighted by Gasteiger charge is -2.12. The van der Waals surface area contributed by atoms with Gasteiger partial charge in [-0.2, -0.15) is 0 Å². The lowest BCUT2D eigenvalue weighted by molar-refractivity contribution is -0.118. The van der Waals surface area contributed by atoms with Crippen LogP contribution in [0.3, 0.4) is 0 Å². The summed E-state index contributed by atoms with van der Waals surface area (Å²) in [6.45, 7) is 2.80. The summed E-state index contributed by atoms with van der Waals surface area (Å²) in [4.78, 5) is 25.0. The third-order valence-electron chi connectivity index (χ3n) is 2.42. The normalized spacial score (nSPS) is 15.9. The van der Waals surface area contributed by atoms with Crippen LogP contribution in [0.4, 0.5) is 4.79 Å². The minimum atomic E-state index is -0.282. The summed E-state index contributed by atoms with van der Waals surface area (Å²) in [6, 6.07) is 1.78. The molecule has 2 heterocycles. The highest BCUT2D eigenvalue weighted by molar-refractivity contribution is 7.10. The van der Waals surface area contributed by atoms with Gasteiger partial charge in [0.2, 0.25) is 5.91 Å². The van der Waals surface area contributed by atoms with Gasteiger partial charge in [0.1, 0.15) is 6.54 Å². The van der Waals surface area contributed by atoms with Crippen molar-refractivity contribution in [2.75, 3.05) is 6.54 Å². The maximum Gasteiger partial charge on any atom is 0.324 e. The van der Waals surface area contributed by atoms with Gasteiger partial charge >= 0.3 is 6.03 Å². The average molecular weight is 224 g/mol. The fourth-order valence-electron chi connectivity index (χ4n) is 1.60. The van der Waals surface area contributed by atoms with Crippen molar-refractivity contribution in [3.63, 3.8) is 0 Å². The Morgan fingerprint density at radius 2 is 2.33 bits per heavy atom. The van der Waals surface area contributed by atoms with Gasteiger partial charge in [0.25, 0.3) is 0 Å². The number of hydrogen-bond donors (Lipinski definition) is 1. The molecule has 0 atom stereocenters. The molecule has 1 N–H and O–H groups in total. The Morgan fingerprint density at radius 1 is 1.53 bits per heavy atom. The van der Waals surface area contributed by atoms with E-state index in [2.05, 4.69) is 18.3 Å². The van der Waals surface area contributed by atoms with Crippen LogP contribution >= 0.6 is 11.3 Å². The number of carbonyl (C=O) groups excluding carboxylic acids is 2. The summed E-state index contributed by atoms with van der Waals surface area (Å²) in [7, 11) is 0. The second-order valence-corrected chi connectivity index (χ2v) is 4.43. The van der Waals surface area contributed by atoms with Crippen molar-refractivity contribution >= 4 is 23.3 Å². The number of imide groups is 1. The van der Waals surface area contributed by atoms with Gasteiger partial charge in [0, 0.05) is 4.88 Å². The molecule has 0 saturated carbocycles. The molecule has 1 aromatic rings. The van der Waals surface area contributed by atoms with Crippen LogP contribution in [0.5, 0.6) is 0 Å². The number of hydrogen-bond acceptors (Lipinski definition) is 3. The van der Waals surface area contributed by atoms with Crippen LogP contribution < -0.4 is 5.32 Å². The predicted octanol–water partition coefficient (Wildman–Crippen LogP) is 1.36. The second-order valence-electron chi connectivity index (χ2n) is 3.43. The van der Waals surface area contributed by atoms with Gasteiger partial charge in [0.05, 0.1) is 6.54 Å². The molecule has 0 radical (unpaired) electrons. The quantitative estimate of drug-likeness (QED) is 0.788. The van der Waals surface area contributed by atoms with Crippen LogP contribution in [-0.4, -0.2) is 23.4 Å². The largest absolute Gasteiger partial charge is 0.324 e. The fraction of sp³-hybridized carbons (Fsp3) is 0.400. The lowest BCUT2D eigenvalue weighted by Crippen LogP contribution is -2.27. The van der Waals surface area contributed by atoms with E-state index in [1.807, 2.05) is 5.38 Å². The van der Waals surface area contributed by atoms with Crippen LogP contribution in [0.2, 0.25) is 0 Å². The lowest BCUT2D eigenvalue weighted by atomic mass is 10.2. The monoisotopic (exact) mass is 224 g/mol. The molecule has 0 spiro atoms. The molecule has 15 heavy (non-hydrogen) atoms. The number of nitrogens with one attached hydrogen (secondary N) is 1. The first-order valence-corrected chi connectivity index (χ1v) is 5.72. The van der Waals surface area contributed by atoms with E-state index < -0.39 is 0 Å². The molecule has 80 valence electrons. The molecule has 1 aliphatic rings. The molecular weight excluding hydrogens is 212 g/mol. The first-order chi connectivity index (χ1) is 7.20. The molecule has 0 aromatic carbocycles. The Hall–Kier alpha value is -1.36. The summed E-state index contributed by atoms with van der Waals surface area (Å²) in [5.74, 6) is -0.213. The highest BCUT2D eigenvalue weighted by Gasteiger charge is 2.27. The Kier molecular flexibility index (Phi) is 2.73. The summed E-state index contributed by atoms with van der Waals surface area (Å²) >= 11 is 1.63. The van der Waals surface area contributed by atoms with E-state index in [0.29, 0.717) is 6.54 Å². The molecule has 2 rings (SSSR count). The van der Waals surface area contributed by atoms with E-state index >= 15 is 0 Å². The molecule has 1 aromatic heterocycles. The van der Waals surface area contributed by atoms with E-state index in [4.69, 9.17) is 0 Å². The van der Waals surface area contributed by atoms with Crippen LogP contribution in [0.1, 0.15) is 17.4 Å². The van der Waals surface area contributed by atoms with Crippen molar-refractivity contribution in [1.29, 1.82) is 0 Å². The fourth-order valence-corrected chi connectivity index (χ4v) is 2.60. The molecule has 0 bridgehead atoms. The van der Waals surface area contributed by atoms with Crippen LogP contribution in [-0.2, 0) is 17.8 Å². The summed E-state index contributed by atoms with van der Waals surface area (Å²) in [6.07, 6.45) is 0.961. The SMILES string of the molecule is CCc1ccsc1CN1CC(=O)NC1=O. The van der Waals surface area contributed by atoms with Crippen molar-refractivity contribution in [1.82, 2.24) is 10.2 Å². The number of thiophene rings is 1. The molecule has 5 heteroatoms. The van der Waals surface area contributed by atoms with Crippen molar-refractivity contribution in [3.8, 4) is 0 Å². The maximum atomic E-state index is 11.3. The zero-order valence-electron chi connectivity index (χ0n) is 8.45. The highest BCUT2D eigenvalue weighted by Crippen LogP contribution is 2.20. The van der Waals surface area contributed by atoms with Crippen molar-refractivity contribution in [2.45, 2.75) is 19.9 Å². The molecule has 1 saturated heterocycles. The number of nitrogens with zero attached hydrogens (tertiary/aromatic N) is 1. The van der Waals surface area contributed by atoms with Gasteiger partial charge in [-0.05, 0) is 23.4 Å². The van der Waals surface area contributed by atoms with Crippen LogP contribution in [0.25, 0.3) is 0 Å².